The zero-order chi connectivity index (χ0) is 13.1. The molecule has 2 aromatic rings. The number of thiophene rings is 1. The standard InChI is InChI=1S/C13H11ClFNOS/c1-16(8-9-6-7-12(14)18-9)13(17)10-4-2-3-5-11(10)15/h2-7H,8H2,1H3. The summed E-state index contributed by atoms with van der Waals surface area (Å²) >= 11 is 7.23. The Labute approximate surface area is 114 Å². The van der Waals surface area contributed by atoms with Crippen molar-refractivity contribution in [1.29, 1.82) is 0 Å². The summed E-state index contributed by atoms with van der Waals surface area (Å²) in [6.45, 7) is 0.421. The van der Waals surface area contributed by atoms with Crippen LogP contribution >= 0.6 is 22.9 Å². The van der Waals surface area contributed by atoms with Crippen LogP contribution < -0.4 is 0 Å². The van der Waals surface area contributed by atoms with Crippen LogP contribution in [0.2, 0.25) is 4.34 Å². The van der Waals surface area contributed by atoms with E-state index in [2.05, 4.69) is 0 Å². The lowest BCUT2D eigenvalue weighted by Gasteiger charge is -2.16. The molecule has 1 heterocycles. The second-order valence-corrected chi connectivity index (χ2v) is 5.65. The summed E-state index contributed by atoms with van der Waals surface area (Å²) in [5, 5.41) is 0. The molecule has 0 atom stereocenters. The Morgan fingerprint density at radius 3 is 2.67 bits per heavy atom. The molecule has 0 aliphatic heterocycles. The van der Waals surface area contributed by atoms with Crippen LogP contribution in [-0.4, -0.2) is 17.9 Å². The molecule has 2 nitrogen and oxygen atoms in total. The monoisotopic (exact) mass is 283 g/mol. The molecular formula is C13H11ClFNOS. The first-order valence-electron chi connectivity index (χ1n) is 5.32. The third kappa shape index (κ3) is 2.89. The number of hydrogen-bond donors (Lipinski definition) is 0. The first-order chi connectivity index (χ1) is 8.58. The molecule has 2 rings (SSSR count). The number of nitrogens with zero attached hydrogens (tertiary/aromatic N) is 1. The minimum absolute atomic E-state index is 0.0858. The van der Waals surface area contributed by atoms with E-state index in [0.29, 0.717) is 10.9 Å². The molecule has 1 amide bonds. The number of rotatable bonds is 3. The fourth-order valence-electron chi connectivity index (χ4n) is 1.58. The highest BCUT2D eigenvalue weighted by atomic mass is 35.5. The van der Waals surface area contributed by atoms with Crippen molar-refractivity contribution >= 4 is 28.8 Å². The number of carbonyl (C=O) groups is 1. The van der Waals surface area contributed by atoms with E-state index in [-0.39, 0.29) is 11.5 Å². The topological polar surface area (TPSA) is 20.3 Å². The maximum absolute atomic E-state index is 13.5. The molecule has 1 aromatic carbocycles. The van der Waals surface area contributed by atoms with Crippen molar-refractivity contribution in [3.63, 3.8) is 0 Å². The molecule has 0 fully saturated rings. The summed E-state index contributed by atoms with van der Waals surface area (Å²) in [6.07, 6.45) is 0. The fourth-order valence-corrected chi connectivity index (χ4v) is 2.72. The van der Waals surface area contributed by atoms with Gasteiger partial charge in [0.2, 0.25) is 0 Å². The molecular weight excluding hydrogens is 273 g/mol. The van der Waals surface area contributed by atoms with E-state index >= 15 is 0 Å². The third-order valence-corrected chi connectivity index (χ3v) is 3.69. The van der Waals surface area contributed by atoms with Crippen LogP contribution in [-0.2, 0) is 6.54 Å². The maximum Gasteiger partial charge on any atom is 0.256 e. The highest BCUT2D eigenvalue weighted by molar-refractivity contribution is 7.16. The number of amides is 1. The smallest absolute Gasteiger partial charge is 0.256 e. The van der Waals surface area contributed by atoms with E-state index in [0.717, 1.165) is 4.88 Å². The Hall–Kier alpha value is -1.39. The Morgan fingerprint density at radius 2 is 2.06 bits per heavy atom. The van der Waals surface area contributed by atoms with Gasteiger partial charge in [-0.2, -0.15) is 0 Å². The SMILES string of the molecule is CN(Cc1ccc(Cl)s1)C(=O)c1ccccc1F. The van der Waals surface area contributed by atoms with Gasteiger partial charge < -0.3 is 4.90 Å². The van der Waals surface area contributed by atoms with Crippen molar-refractivity contribution in [3.8, 4) is 0 Å². The van der Waals surface area contributed by atoms with Gasteiger partial charge in [0.15, 0.2) is 0 Å². The minimum Gasteiger partial charge on any atom is -0.336 e. The Bertz CT molecular complexity index is 570. The van der Waals surface area contributed by atoms with Crippen molar-refractivity contribution in [1.82, 2.24) is 4.90 Å². The Kier molecular flexibility index (Phi) is 3.99. The van der Waals surface area contributed by atoms with Crippen LogP contribution in [0.1, 0.15) is 15.2 Å². The third-order valence-electron chi connectivity index (χ3n) is 2.47. The predicted molar refractivity (Wildman–Crippen MR) is 71.5 cm³/mol. The van der Waals surface area contributed by atoms with Gasteiger partial charge in [0.05, 0.1) is 16.4 Å². The summed E-state index contributed by atoms with van der Waals surface area (Å²) in [6, 6.07) is 9.61. The van der Waals surface area contributed by atoms with E-state index in [1.807, 2.05) is 6.07 Å². The summed E-state index contributed by atoms with van der Waals surface area (Å²) in [5.74, 6) is -0.837. The van der Waals surface area contributed by atoms with Gasteiger partial charge in [-0.3, -0.25) is 4.79 Å². The lowest BCUT2D eigenvalue weighted by molar-refractivity contribution is 0.0782. The maximum atomic E-state index is 13.5. The summed E-state index contributed by atoms with van der Waals surface area (Å²) in [7, 11) is 1.64. The van der Waals surface area contributed by atoms with Gasteiger partial charge in [0.1, 0.15) is 5.82 Å². The predicted octanol–water partition coefficient (Wildman–Crippen LogP) is 3.81. The molecule has 1 aromatic heterocycles. The first kappa shape index (κ1) is 13.1. The number of benzene rings is 1. The van der Waals surface area contributed by atoms with Gasteiger partial charge in [-0.25, -0.2) is 4.39 Å². The van der Waals surface area contributed by atoms with Gasteiger partial charge in [-0.1, -0.05) is 23.7 Å². The molecule has 0 saturated carbocycles. The van der Waals surface area contributed by atoms with E-state index < -0.39 is 5.82 Å². The highest BCUT2D eigenvalue weighted by Crippen LogP contribution is 2.23. The van der Waals surface area contributed by atoms with Gasteiger partial charge in [-0.05, 0) is 24.3 Å². The largest absolute Gasteiger partial charge is 0.336 e. The summed E-state index contributed by atoms with van der Waals surface area (Å²) in [4.78, 5) is 14.5. The molecule has 0 spiro atoms. The van der Waals surface area contributed by atoms with Crippen LogP contribution in [0.3, 0.4) is 0 Å². The van der Waals surface area contributed by atoms with E-state index in [1.54, 1.807) is 25.2 Å². The number of halogens is 2. The number of hydrogen-bond acceptors (Lipinski definition) is 2. The quantitative estimate of drug-likeness (QED) is 0.839. The molecule has 0 unspecified atom stereocenters. The average Bonchev–Trinajstić information content (AvgIpc) is 2.74. The van der Waals surface area contributed by atoms with Crippen molar-refractivity contribution in [3.05, 3.63) is 57.0 Å². The molecule has 0 aliphatic carbocycles. The van der Waals surface area contributed by atoms with Crippen molar-refractivity contribution in [2.45, 2.75) is 6.54 Å². The normalized spacial score (nSPS) is 10.4. The van der Waals surface area contributed by atoms with Crippen LogP contribution in [0, 0.1) is 5.82 Å². The Morgan fingerprint density at radius 1 is 1.33 bits per heavy atom. The van der Waals surface area contributed by atoms with Crippen LogP contribution in [0.4, 0.5) is 4.39 Å². The molecule has 18 heavy (non-hydrogen) atoms. The zero-order valence-corrected chi connectivity index (χ0v) is 11.3. The molecule has 0 radical (unpaired) electrons. The van der Waals surface area contributed by atoms with Gasteiger partial charge in [0.25, 0.3) is 5.91 Å². The lowest BCUT2D eigenvalue weighted by Crippen LogP contribution is -2.26. The second-order valence-electron chi connectivity index (χ2n) is 3.85. The fraction of sp³-hybridized carbons (Fsp3) is 0.154. The molecule has 5 heteroatoms. The average molecular weight is 284 g/mol. The van der Waals surface area contributed by atoms with Gasteiger partial charge in [0, 0.05) is 11.9 Å². The van der Waals surface area contributed by atoms with Crippen molar-refractivity contribution in [2.75, 3.05) is 7.05 Å². The van der Waals surface area contributed by atoms with Gasteiger partial charge >= 0.3 is 0 Å². The molecule has 94 valence electrons. The summed E-state index contributed by atoms with van der Waals surface area (Å²) < 4.78 is 14.2. The molecule has 0 N–H and O–H groups in total. The van der Waals surface area contributed by atoms with E-state index in [1.165, 1.54) is 28.4 Å². The van der Waals surface area contributed by atoms with Crippen LogP contribution in [0.5, 0.6) is 0 Å². The molecule has 0 saturated heterocycles. The lowest BCUT2D eigenvalue weighted by atomic mass is 10.2. The summed E-state index contributed by atoms with van der Waals surface area (Å²) in [5.41, 5.74) is 0.0858. The molecule has 0 bridgehead atoms. The first-order valence-corrected chi connectivity index (χ1v) is 6.51. The van der Waals surface area contributed by atoms with Crippen LogP contribution in [0.15, 0.2) is 36.4 Å². The van der Waals surface area contributed by atoms with E-state index in [4.69, 9.17) is 11.6 Å². The van der Waals surface area contributed by atoms with Crippen molar-refractivity contribution < 1.29 is 9.18 Å². The zero-order valence-electron chi connectivity index (χ0n) is 9.69. The highest BCUT2D eigenvalue weighted by Gasteiger charge is 2.16. The second kappa shape index (κ2) is 5.50. The minimum atomic E-state index is -0.501. The Balaban J connectivity index is 2.12. The van der Waals surface area contributed by atoms with Crippen LogP contribution in [0.25, 0.3) is 0 Å². The van der Waals surface area contributed by atoms with E-state index in [9.17, 15) is 9.18 Å². The van der Waals surface area contributed by atoms with Gasteiger partial charge in [-0.15, -0.1) is 11.3 Å². The van der Waals surface area contributed by atoms with Crippen molar-refractivity contribution in [2.24, 2.45) is 0 Å². The molecule has 0 aliphatic rings. The number of carbonyl (C=O) groups excluding carboxylic acids is 1.